The maximum Gasteiger partial charge on any atom is 0.277 e. The van der Waals surface area contributed by atoms with Gasteiger partial charge < -0.3 is 10.2 Å². The van der Waals surface area contributed by atoms with Crippen LogP contribution in [0, 0.1) is 0 Å². The predicted molar refractivity (Wildman–Crippen MR) is 81.7 cm³/mol. The molecule has 0 aromatic rings. The molecule has 0 saturated heterocycles. The minimum atomic E-state index is -4.99. The average Bonchev–Trinajstić information content (AvgIpc) is 2.41. The second-order valence-corrected chi connectivity index (χ2v) is 8.83. The summed E-state index contributed by atoms with van der Waals surface area (Å²) in [6.07, 6.45) is 4.52. The van der Waals surface area contributed by atoms with Gasteiger partial charge in [-0.25, -0.2) is 0 Å². The first-order valence-electron chi connectivity index (χ1n) is 6.48. The van der Waals surface area contributed by atoms with Crippen molar-refractivity contribution < 1.29 is 36.2 Å². The molecule has 0 bridgehead atoms. The third-order valence-electron chi connectivity index (χ3n) is 4.08. The summed E-state index contributed by atoms with van der Waals surface area (Å²) in [4.78, 5) is 0. The van der Waals surface area contributed by atoms with Gasteiger partial charge in [0.05, 0.1) is 12.2 Å². The Bertz CT molecular complexity index is 737. The highest BCUT2D eigenvalue weighted by molar-refractivity contribution is 7.88. The lowest BCUT2D eigenvalue weighted by Gasteiger charge is -2.41. The van der Waals surface area contributed by atoms with Gasteiger partial charge in [-0.15, -0.1) is 0 Å². The van der Waals surface area contributed by atoms with Gasteiger partial charge in [-0.1, -0.05) is 48.6 Å². The van der Waals surface area contributed by atoms with E-state index in [-0.39, 0.29) is 0 Å². The largest absolute Gasteiger partial charge is 0.387 e. The Hall–Kier alpha value is -1.30. The molecule has 4 N–H and O–H groups in total. The first-order valence-corrected chi connectivity index (χ1v) is 9.37. The van der Waals surface area contributed by atoms with E-state index < -0.39 is 48.4 Å². The fraction of sp³-hybridized carbons (Fsp3) is 0.385. The fourth-order valence-electron chi connectivity index (χ4n) is 2.72. The molecule has 2 aliphatic carbocycles. The van der Waals surface area contributed by atoms with E-state index in [9.17, 15) is 36.2 Å². The first-order chi connectivity index (χ1) is 10.5. The molecule has 2 rings (SSSR count). The van der Waals surface area contributed by atoms with Crippen LogP contribution in [0.4, 0.5) is 0 Å². The van der Waals surface area contributed by atoms with Gasteiger partial charge in [0.1, 0.15) is 9.49 Å². The molecule has 0 aliphatic heterocycles. The zero-order chi connectivity index (χ0) is 17.5. The van der Waals surface area contributed by atoms with Crippen molar-refractivity contribution in [3.8, 4) is 0 Å². The van der Waals surface area contributed by atoms with Gasteiger partial charge in [0.25, 0.3) is 20.2 Å². The topological polar surface area (TPSA) is 149 Å². The summed E-state index contributed by atoms with van der Waals surface area (Å²) in [5.74, 6) is 0. The Morgan fingerprint density at radius 1 is 0.739 bits per heavy atom. The van der Waals surface area contributed by atoms with E-state index in [0.29, 0.717) is 0 Å². The zero-order valence-electron chi connectivity index (χ0n) is 11.7. The lowest BCUT2D eigenvalue weighted by molar-refractivity contribution is 0.135. The highest BCUT2D eigenvalue weighted by Gasteiger charge is 2.58. The van der Waals surface area contributed by atoms with Crippen LogP contribution < -0.4 is 0 Å². The molecule has 0 saturated carbocycles. The van der Waals surface area contributed by atoms with Crippen molar-refractivity contribution in [2.45, 2.75) is 28.1 Å². The van der Waals surface area contributed by atoms with Crippen LogP contribution in [0.2, 0.25) is 0 Å². The molecule has 4 unspecified atom stereocenters. The van der Waals surface area contributed by atoms with E-state index >= 15 is 0 Å². The SMILES string of the molecule is O=S(=O)(O)C1(CC2(S(=O)(=O)O)C=CC=CC2O)C=CC=CC1O. The van der Waals surface area contributed by atoms with Crippen LogP contribution in [0.5, 0.6) is 0 Å². The van der Waals surface area contributed by atoms with Gasteiger partial charge in [-0.05, 0) is 0 Å². The molecular formula is C13H16O8S2. The zero-order valence-corrected chi connectivity index (χ0v) is 13.4. The maximum absolute atomic E-state index is 11.9. The summed E-state index contributed by atoms with van der Waals surface area (Å²) in [5, 5.41) is 20.1. The Balaban J connectivity index is 2.67. The summed E-state index contributed by atoms with van der Waals surface area (Å²) in [7, 11) is -9.98. The second kappa shape index (κ2) is 5.65. The van der Waals surface area contributed by atoms with Gasteiger partial charge >= 0.3 is 0 Å². The van der Waals surface area contributed by atoms with Crippen molar-refractivity contribution in [1.29, 1.82) is 0 Å². The third-order valence-corrected chi connectivity index (χ3v) is 7.04. The molecule has 0 aromatic heterocycles. The van der Waals surface area contributed by atoms with E-state index in [4.69, 9.17) is 0 Å². The molecule has 2 aliphatic rings. The molecule has 0 fully saturated rings. The highest BCUT2D eigenvalue weighted by Crippen LogP contribution is 2.42. The second-order valence-electron chi connectivity index (χ2n) is 5.41. The summed E-state index contributed by atoms with van der Waals surface area (Å²) in [6.45, 7) is 0. The van der Waals surface area contributed by atoms with E-state index in [1.807, 2.05) is 0 Å². The molecule has 0 heterocycles. The lowest BCUT2D eigenvalue weighted by atomic mass is 9.82. The molecule has 0 radical (unpaired) electrons. The summed E-state index contributed by atoms with van der Waals surface area (Å²) in [5.41, 5.74) is 0. The quantitative estimate of drug-likeness (QED) is 0.492. The van der Waals surface area contributed by atoms with Gasteiger partial charge in [-0.3, -0.25) is 9.11 Å². The normalized spacial score (nSPS) is 37.2. The number of hydrogen-bond donors (Lipinski definition) is 4. The Kier molecular flexibility index (Phi) is 4.43. The first kappa shape index (κ1) is 18.0. The smallest absolute Gasteiger partial charge is 0.277 e. The summed E-state index contributed by atoms with van der Waals surface area (Å²) in [6, 6.07) is 0. The van der Waals surface area contributed by atoms with Crippen LogP contribution in [0.25, 0.3) is 0 Å². The van der Waals surface area contributed by atoms with Gasteiger partial charge in [0.2, 0.25) is 0 Å². The van der Waals surface area contributed by atoms with E-state index in [1.54, 1.807) is 0 Å². The van der Waals surface area contributed by atoms with E-state index in [2.05, 4.69) is 0 Å². The molecule has 128 valence electrons. The third kappa shape index (κ3) is 2.82. The summed E-state index contributed by atoms with van der Waals surface area (Å²) >= 11 is 0. The van der Waals surface area contributed by atoms with Crippen molar-refractivity contribution in [2.75, 3.05) is 0 Å². The van der Waals surface area contributed by atoms with E-state index in [1.165, 1.54) is 24.3 Å². The molecule has 0 spiro atoms. The molecule has 0 amide bonds. The van der Waals surface area contributed by atoms with Gasteiger partial charge in [0.15, 0.2) is 0 Å². The monoisotopic (exact) mass is 364 g/mol. The number of aliphatic hydroxyl groups is 2. The van der Waals surface area contributed by atoms with Crippen LogP contribution in [0.3, 0.4) is 0 Å². The van der Waals surface area contributed by atoms with Crippen molar-refractivity contribution in [3.05, 3.63) is 48.6 Å². The van der Waals surface area contributed by atoms with Crippen molar-refractivity contribution in [1.82, 2.24) is 0 Å². The van der Waals surface area contributed by atoms with Crippen molar-refractivity contribution >= 4 is 20.2 Å². The molecule has 10 heteroatoms. The summed E-state index contributed by atoms with van der Waals surface area (Å²) < 4.78 is 61.8. The molecule has 0 aromatic carbocycles. The average molecular weight is 364 g/mol. The minimum Gasteiger partial charge on any atom is -0.387 e. The highest BCUT2D eigenvalue weighted by atomic mass is 32.2. The molecular weight excluding hydrogens is 348 g/mol. The molecule has 23 heavy (non-hydrogen) atoms. The Labute approximate surface area is 133 Å². The minimum absolute atomic E-state index is 0.929. The van der Waals surface area contributed by atoms with Gasteiger partial charge in [0, 0.05) is 6.42 Å². The number of aliphatic hydroxyl groups excluding tert-OH is 2. The van der Waals surface area contributed by atoms with Crippen LogP contribution in [-0.2, 0) is 20.2 Å². The number of rotatable bonds is 4. The van der Waals surface area contributed by atoms with Crippen LogP contribution >= 0.6 is 0 Å². The van der Waals surface area contributed by atoms with Crippen molar-refractivity contribution in [3.63, 3.8) is 0 Å². The van der Waals surface area contributed by atoms with E-state index in [0.717, 1.165) is 24.3 Å². The predicted octanol–water partition coefficient (Wildman–Crippen LogP) is -0.396. The fourth-order valence-corrected chi connectivity index (χ4v) is 4.92. The lowest BCUT2D eigenvalue weighted by Crippen LogP contribution is -2.58. The maximum atomic E-state index is 11.9. The number of allylic oxidation sites excluding steroid dienone is 4. The Morgan fingerprint density at radius 3 is 1.35 bits per heavy atom. The van der Waals surface area contributed by atoms with Crippen LogP contribution in [0.1, 0.15) is 6.42 Å². The Morgan fingerprint density at radius 2 is 1.09 bits per heavy atom. The molecule has 4 atom stereocenters. The number of hydrogen-bond acceptors (Lipinski definition) is 6. The van der Waals surface area contributed by atoms with Gasteiger partial charge in [-0.2, -0.15) is 16.8 Å². The standard InChI is InChI=1S/C13H16O8S2/c14-10-5-1-3-7-12(10,22(16,17)18)9-13(23(19,20)21)8-4-2-6-11(13)15/h1-8,10-11,14-15H,9H2,(H,16,17,18)(H,19,20,21). The van der Waals surface area contributed by atoms with Crippen LogP contribution in [0.15, 0.2) is 48.6 Å². The van der Waals surface area contributed by atoms with Crippen molar-refractivity contribution in [2.24, 2.45) is 0 Å². The van der Waals surface area contributed by atoms with Crippen LogP contribution in [-0.4, -0.2) is 57.9 Å². The molecule has 8 nitrogen and oxygen atoms in total.